The number of ether oxygens (including phenoxy) is 1. The van der Waals surface area contributed by atoms with Gasteiger partial charge in [0.15, 0.2) is 12.4 Å². The average Bonchev–Trinajstić information content (AvgIpc) is 3.40. The topological polar surface area (TPSA) is 98.7 Å². The molecule has 41 heavy (non-hydrogen) atoms. The van der Waals surface area contributed by atoms with Crippen LogP contribution in [0, 0.1) is 6.92 Å². The Balaban J connectivity index is 1.28. The largest absolute Gasteiger partial charge is 0.484 e. The van der Waals surface area contributed by atoms with Crippen LogP contribution in [0.25, 0.3) is 33.5 Å². The van der Waals surface area contributed by atoms with E-state index in [-0.39, 0.29) is 23.9 Å². The van der Waals surface area contributed by atoms with Crippen molar-refractivity contribution in [1.82, 2.24) is 9.66 Å². The maximum atomic E-state index is 13.5. The molecule has 202 valence electrons. The van der Waals surface area contributed by atoms with Crippen molar-refractivity contribution in [2.75, 3.05) is 11.9 Å². The minimum atomic E-state index is -0.347. The first-order valence-corrected chi connectivity index (χ1v) is 13.2. The van der Waals surface area contributed by atoms with Gasteiger partial charge in [-0.3, -0.25) is 9.59 Å². The van der Waals surface area contributed by atoms with E-state index in [0.717, 1.165) is 10.9 Å². The third-order valence-electron chi connectivity index (χ3n) is 6.34. The summed E-state index contributed by atoms with van der Waals surface area (Å²) in [5, 5.41) is 9.06. The number of amides is 1. The van der Waals surface area contributed by atoms with Crippen LogP contribution in [-0.4, -0.2) is 28.4 Å². The zero-order chi connectivity index (χ0) is 28.3. The SMILES string of the molecule is Cc1ccc(NC(=O)COc2cccc(C=Nn3c(-c4cc5cc(Cl)ccc5o4)nc4ccccc4c3=O)c2)cc1. The van der Waals surface area contributed by atoms with E-state index < -0.39 is 0 Å². The summed E-state index contributed by atoms with van der Waals surface area (Å²) in [6.07, 6.45) is 1.53. The smallest absolute Gasteiger partial charge is 0.282 e. The Morgan fingerprint density at radius 1 is 1.02 bits per heavy atom. The van der Waals surface area contributed by atoms with Crippen LogP contribution in [0.2, 0.25) is 5.02 Å². The van der Waals surface area contributed by atoms with E-state index in [9.17, 15) is 9.59 Å². The van der Waals surface area contributed by atoms with Crippen molar-refractivity contribution in [3.63, 3.8) is 0 Å². The lowest BCUT2D eigenvalue weighted by Gasteiger charge is -2.09. The Morgan fingerprint density at radius 2 is 1.85 bits per heavy atom. The van der Waals surface area contributed by atoms with Gasteiger partial charge in [0.2, 0.25) is 5.82 Å². The lowest BCUT2D eigenvalue weighted by Crippen LogP contribution is -2.20. The van der Waals surface area contributed by atoms with Gasteiger partial charge >= 0.3 is 0 Å². The molecular formula is C32H23ClN4O4. The van der Waals surface area contributed by atoms with Crippen molar-refractivity contribution in [2.45, 2.75) is 6.92 Å². The fourth-order valence-electron chi connectivity index (χ4n) is 4.31. The number of hydrogen-bond donors (Lipinski definition) is 1. The summed E-state index contributed by atoms with van der Waals surface area (Å²) in [6, 6.07) is 28.7. The molecule has 8 nitrogen and oxygen atoms in total. The molecule has 4 aromatic carbocycles. The van der Waals surface area contributed by atoms with Crippen LogP contribution in [0.3, 0.4) is 0 Å². The van der Waals surface area contributed by atoms with Gasteiger partial charge < -0.3 is 14.5 Å². The number of aromatic nitrogens is 2. The summed E-state index contributed by atoms with van der Waals surface area (Å²) in [5.41, 5.74) is 3.25. The van der Waals surface area contributed by atoms with E-state index in [1.165, 1.54) is 10.9 Å². The molecule has 1 amide bonds. The monoisotopic (exact) mass is 562 g/mol. The summed E-state index contributed by atoms with van der Waals surface area (Å²) >= 11 is 6.15. The number of fused-ring (bicyclic) bond motifs is 2. The molecule has 6 rings (SSSR count). The molecule has 0 spiro atoms. The molecule has 0 radical (unpaired) electrons. The van der Waals surface area contributed by atoms with Crippen LogP contribution in [0.5, 0.6) is 5.75 Å². The number of hydrogen-bond acceptors (Lipinski definition) is 6. The summed E-state index contributed by atoms with van der Waals surface area (Å²) < 4.78 is 12.9. The first-order chi connectivity index (χ1) is 19.9. The number of furan rings is 1. The van der Waals surface area contributed by atoms with Crippen LogP contribution >= 0.6 is 11.6 Å². The number of rotatable bonds is 7. The molecule has 9 heteroatoms. The van der Waals surface area contributed by atoms with Crippen LogP contribution < -0.4 is 15.6 Å². The maximum absolute atomic E-state index is 13.5. The maximum Gasteiger partial charge on any atom is 0.282 e. The van der Waals surface area contributed by atoms with Crippen LogP contribution in [0.1, 0.15) is 11.1 Å². The number of carbonyl (C=O) groups excluding carboxylic acids is 1. The average molecular weight is 563 g/mol. The van der Waals surface area contributed by atoms with Crippen molar-refractivity contribution < 1.29 is 13.9 Å². The molecular weight excluding hydrogens is 540 g/mol. The molecule has 0 saturated carbocycles. The Hall–Kier alpha value is -5.21. The minimum Gasteiger partial charge on any atom is -0.484 e. The van der Waals surface area contributed by atoms with Gasteiger partial charge in [-0.1, -0.05) is 53.6 Å². The number of carbonyl (C=O) groups is 1. The van der Waals surface area contributed by atoms with Gasteiger partial charge in [-0.05, 0) is 73.2 Å². The van der Waals surface area contributed by atoms with Gasteiger partial charge in [-0.2, -0.15) is 9.78 Å². The zero-order valence-corrected chi connectivity index (χ0v) is 22.6. The fraction of sp³-hybridized carbons (Fsp3) is 0.0625. The Morgan fingerprint density at radius 3 is 2.71 bits per heavy atom. The summed E-state index contributed by atoms with van der Waals surface area (Å²) in [7, 11) is 0. The summed E-state index contributed by atoms with van der Waals surface area (Å²) in [6.45, 7) is 1.82. The van der Waals surface area contributed by atoms with E-state index in [4.69, 9.17) is 25.7 Å². The van der Waals surface area contributed by atoms with Gasteiger partial charge in [0.25, 0.3) is 11.5 Å². The molecule has 2 heterocycles. The van der Waals surface area contributed by atoms with E-state index in [1.807, 2.05) is 43.3 Å². The summed E-state index contributed by atoms with van der Waals surface area (Å²) in [4.78, 5) is 30.5. The Labute approximate surface area is 239 Å². The van der Waals surface area contributed by atoms with Gasteiger partial charge in [0.1, 0.15) is 11.3 Å². The van der Waals surface area contributed by atoms with Crippen LogP contribution in [-0.2, 0) is 4.79 Å². The molecule has 6 aromatic rings. The van der Waals surface area contributed by atoms with E-state index in [0.29, 0.717) is 44.3 Å². The van der Waals surface area contributed by atoms with Crippen molar-refractivity contribution in [2.24, 2.45) is 5.10 Å². The highest BCUT2D eigenvalue weighted by Gasteiger charge is 2.16. The molecule has 0 atom stereocenters. The van der Waals surface area contributed by atoms with Crippen molar-refractivity contribution >= 4 is 51.3 Å². The van der Waals surface area contributed by atoms with Crippen molar-refractivity contribution in [1.29, 1.82) is 0 Å². The molecule has 0 unspecified atom stereocenters. The highest BCUT2D eigenvalue weighted by Crippen LogP contribution is 2.29. The minimum absolute atomic E-state index is 0.164. The predicted molar refractivity (Wildman–Crippen MR) is 161 cm³/mol. The number of para-hydroxylation sites is 1. The fourth-order valence-corrected chi connectivity index (χ4v) is 4.49. The van der Waals surface area contributed by atoms with Gasteiger partial charge in [-0.15, -0.1) is 0 Å². The third kappa shape index (κ3) is 5.73. The van der Waals surface area contributed by atoms with E-state index in [2.05, 4.69) is 10.4 Å². The molecule has 0 aliphatic heterocycles. The number of benzene rings is 4. The molecule has 0 fully saturated rings. The first-order valence-electron chi connectivity index (χ1n) is 12.8. The molecule has 2 aromatic heterocycles. The normalized spacial score (nSPS) is 11.4. The van der Waals surface area contributed by atoms with Gasteiger partial charge in [0.05, 0.1) is 17.1 Å². The standard InChI is InChI=1S/C32H23ClN4O4/c1-20-9-12-24(13-10-20)35-30(38)19-40-25-6-4-5-21(15-25)18-34-37-31(36-27-8-3-2-7-26(27)32(37)39)29-17-22-16-23(33)11-14-28(22)41-29/h2-18H,19H2,1H3,(H,35,38). The summed E-state index contributed by atoms with van der Waals surface area (Å²) in [5.74, 6) is 0.821. The number of nitrogens with one attached hydrogen (secondary N) is 1. The number of nitrogens with zero attached hydrogens (tertiary/aromatic N) is 3. The van der Waals surface area contributed by atoms with Crippen molar-refractivity contribution in [3.05, 3.63) is 124 Å². The van der Waals surface area contributed by atoms with E-state index in [1.54, 1.807) is 60.7 Å². The van der Waals surface area contributed by atoms with Gasteiger partial charge in [-0.25, -0.2) is 4.98 Å². The quantitative estimate of drug-likeness (QED) is 0.219. The highest BCUT2D eigenvalue weighted by molar-refractivity contribution is 6.31. The zero-order valence-electron chi connectivity index (χ0n) is 21.9. The van der Waals surface area contributed by atoms with Crippen LogP contribution in [0.4, 0.5) is 5.69 Å². The second kappa shape index (κ2) is 11.1. The first kappa shape index (κ1) is 26.0. The van der Waals surface area contributed by atoms with Gasteiger partial charge in [0, 0.05) is 16.1 Å². The highest BCUT2D eigenvalue weighted by atomic mass is 35.5. The van der Waals surface area contributed by atoms with Crippen molar-refractivity contribution in [3.8, 4) is 17.3 Å². The molecule has 0 aliphatic rings. The van der Waals surface area contributed by atoms with E-state index >= 15 is 0 Å². The number of halogens is 1. The second-order valence-corrected chi connectivity index (χ2v) is 9.82. The predicted octanol–water partition coefficient (Wildman–Crippen LogP) is 6.67. The molecule has 1 N–H and O–H groups in total. The second-order valence-electron chi connectivity index (χ2n) is 9.38. The molecule has 0 aliphatic carbocycles. The number of anilines is 1. The number of aryl methyl sites for hydroxylation is 1. The lowest BCUT2D eigenvalue weighted by molar-refractivity contribution is -0.118. The molecule has 0 bridgehead atoms. The third-order valence-corrected chi connectivity index (χ3v) is 6.57. The Bertz CT molecular complexity index is 1990. The Kier molecular flexibility index (Phi) is 7.06. The van der Waals surface area contributed by atoms with Crippen LogP contribution in [0.15, 0.2) is 111 Å². The molecule has 0 saturated heterocycles. The lowest BCUT2D eigenvalue weighted by atomic mass is 10.2.